The molecule has 0 bridgehead atoms. The van der Waals surface area contributed by atoms with Gasteiger partial charge >= 0.3 is 5.97 Å². The Morgan fingerprint density at radius 2 is 1.86 bits per heavy atom. The number of methoxy groups -OCH3 is 1. The van der Waals surface area contributed by atoms with Crippen LogP contribution < -0.4 is 10.1 Å². The van der Waals surface area contributed by atoms with Gasteiger partial charge in [-0.1, -0.05) is 0 Å². The maximum atomic E-state index is 13.7. The first-order valence-electron chi connectivity index (χ1n) is 6.88. The summed E-state index contributed by atoms with van der Waals surface area (Å²) in [5.74, 6) is -1.79. The highest BCUT2D eigenvalue weighted by Gasteiger charge is 2.30. The Balaban J connectivity index is 1.98. The van der Waals surface area contributed by atoms with Gasteiger partial charge in [0, 0.05) is 12.0 Å². The van der Waals surface area contributed by atoms with Gasteiger partial charge in [0.05, 0.1) is 18.7 Å². The zero-order valence-electron chi connectivity index (χ0n) is 11.8. The van der Waals surface area contributed by atoms with E-state index in [1.165, 1.54) is 25.3 Å². The van der Waals surface area contributed by atoms with E-state index in [9.17, 15) is 14.0 Å². The number of hydrogen-bond donors (Lipinski definition) is 2. The normalized spacial score (nSPS) is 21.6. The van der Waals surface area contributed by atoms with Gasteiger partial charge < -0.3 is 15.2 Å². The summed E-state index contributed by atoms with van der Waals surface area (Å²) in [6.07, 6.45) is 1.98. The van der Waals surface area contributed by atoms with Crippen LogP contribution in [-0.4, -0.2) is 24.1 Å². The number of amides is 1. The Bertz CT molecular complexity index is 538. The molecule has 1 aromatic carbocycles. The summed E-state index contributed by atoms with van der Waals surface area (Å²) < 4.78 is 18.6. The van der Waals surface area contributed by atoms with Gasteiger partial charge in [-0.15, -0.1) is 0 Å². The fraction of sp³-hybridized carbons (Fsp3) is 0.467. The Morgan fingerprint density at radius 3 is 2.43 bits per heavy atom. The summed E-state index contributed by atoms with van der Waals surface area (Å²) >= 11 is 0. The Hall–Kier alpha value is -2.11. The highest BCUT2D eigenvalue weighted by Crippen LogP contribution is 2.30. The summed E-state index contributed by atoms with van der Waals surface area (Å²) in [5, 5.41) is 11.5. The molecule has 1 saturated carbocycles. The molecule has 21 heavy (non-hydrogen) atoms. The van der Waals surface area contributed by atoms with Crippen molar-refractivity contribution >= 4 is 17.6 Å². The molecule has 0 spiro atoms. The van der Waals surface area contributed by atoms with Crippen molar-refractivity contribution in [2.24, 2.45) is 11.8 Å². The summed E-state index contributed by atoms with van der Waals surface area (Å²) in [5.41, 5.74) is 0.0831. The summed E-state index contributed by atoms with van der Waals surface area (Å²) in [4.78, 5) is 23.0. The van der Waals surface area contributed by atoms with Gasteiger partial charge in [0.15, 0.2) is 0 Å². The molecule has 0 radical (unpaired) electrons. The van der Waals surface area contributed by atoms with E-state index >= 15 is 0 Å². The van der Waals surface area contributed by atoms with E-state index in [1.807, 2.05) is 0 Å². The number of ether oxygens (including phenoxy) is 1. The maximum absolute atomic E-state index is 13.7. The van der Waals surface area contributed by atoms with Crippen LogP contribution in [0.4, 0.5) is 10.1 Å². The molecular formula is C15H18FNO4. The van der Waals surface area contributed by atoms with Crippen molar-refractivity contribution < 1.29 is 23.8 Å². The monoisotopic (exact) mass is 295 g/mol. The third-order valence-corrected chi connectivity index (χ3v) is 3.88. The molecule has 5 nitrogen and oxygen atoms in total. The average molecular weight is 295 g/mol. The number of hydrogen-bond acceptors (Lipinski definition) is 3. The second kappa shape index (κ2) is 6.56. The van der Waals surface area contributed by atoms with Crippen LogP contribution in [0.3, 0.4) is 0 Å². The molecule has 1 fully saturated rings. The fourth-order valence-electron chi connectivity index (χ4n) is 2.56. The lowest BCUT2D eigenvalue weighted by molar-refractivity contribution is -0.143. The van der Waals surface area contributed by atoms with Gasteiger partial charge in [-0.2, -0.15) is 0 Å². The SMILES string of the molecule is COc1ccc(F)c(NC(=O)C2CCC(C(=O)O)CC2)c1. The van der Waals surface area contributed by atoms with Crippen molar-refractivity contribution in [3.63, 3.8) is 0 Å². The number of nitrogens with one attached hydrogen (secondary N) is 1. The number of aliphatic carboxylic acids is 1. The molecule has 0 heterocycles. The second-order valence-corrected chi connectivity index (χ2v) is 5.22. The van der Waals surface area contributed by atoms with Crippen molar-refractivity contribution in [2.45, 2.75) is 25.7 Å². The van der Waals surface area contributed by atoms with Gasteiger partial charge in [0.2, 0.25) is 5.91 Å². The molecule has 1 aromatic rings. The van der Waals surface area contributed by atoms with Crippen LogP contribution in [0.5, 0.6) is 5.75 Å². The van der Waals surface area contributed by atoms with E-state index in [0.717, 1.165) is 0 Å². The Kier molecular flexibility index (Phi) is 4.77. The number of halogens is 1. The molecule has 1 aliphatic carbocycles. The van der Waals surface area contributed by atoms with E-state index < -0.39 is 11.8 Å². The van der Waals surface area contributed by atoms with E-state index in [2.05, 4.69) is 5.32 Å². The number of rotatable bonds is 4. The number of carbonyl (C=O) groups excluding carboxylic acids is 1. The van der Waals surface area contributed by atoms with Crippen LogP contribution in [0.25, 0.3) is 0 Å². The fourth-order valence-corrected chi connectivity index (χ4v) is 2.56. The van der Waals surface area contributed by atoms with Crippen molar-refractivity contribution in [1.29, 1.82) is 0 Å². The number of carboxylic acids is 1. The third-order valence-electron chi connectivity index (χ3n) is 3.88. The van der Waals surface area contributed by atoms with Gasteiger partial charge in [0.1, 0.15) is 11.6 Å². The predicted octanol–water partition coefficient (Wildman–Crippen LogP) is 2.66. The zero-order chi connectivity index (χ0) is 15.4. The molecule has 2 rings (SSSR count). The summed E-state index contributed by atoms with van der Waals surface area (Å²) in [7, 11) is 1.46. The van der Waals surface area contributed by atoms with Crippen molar-refractivity contribution in [2.75, 3.05) is 12.4 Å². The van der Waals surface area contributed by atoms with Crippen molar-refractivity contribution in [3.05, 3.63) is 24.0 Å². The van der Waals surface area contributed by atoms with Crippen LogP contribution in [0, 0.1) is 17.7 Å². The van der Waals surface area contributed by atoms with Gasteiger partial charge in [-0.3, -0.25) is 9.59 Å². The zero-order valence-corrected chi connectivity index (χ0v) is 11.8. The minimum atomic E-state index is -0.812. The average Bonchev–Trinajstić information content (AvgIpc) is 2.49. The van der Waals surface area contributed by atoms with Crippen molar-refractivity contribution in [1.82, 2.24) is 0 Å². The lowest BCUT2D eigenvalue weighted by atomic mass is 9.81. The molecule has 0 aliphatic heterocycles. The first-order valence-corrected chi connectivity index (χ1v) is 6.88. The number of carbonyl (C=O) groups is 2. The first-order chi connectivity index (χ1) is 10.0. The number of carboxylic acid groups (broad SMARTS) is 1. The maximum Gasteiger partial charge on any atom is 0.306 e. The van der Waals surface area contributed by atoms with E-state index in [4.69, 9.17) is 9.84 Å². The van der Waals surface area contributed by atoms with Crippen molar-refractivity contribution in [3.8, 4) is 5.75 Å². The van der Waals surface area contributed by atoms with Crippen LogP contribution in [-0.2, 0) is 9.59 Å². The van der Waals surface area contributed by atoms with Gasteiger partial charge in [-0.25, -0.2) is 4.39 Å². The van der Waals surface area contributed by atoms with E-state index in [0.29, 0.717) is 31.4 Å². The van der Waals surface area contributed by atoms with Crippen LogP contribution in [0.2, 0.25) is 0 Å². The lowest BCUT2D eigenvalue weighted by Gasteiger charge is -2.25. The summed E-state index contributed by atoms with van der Waals surface area (Å²) in [6.45, 7) is 0. The smallest absolute Gasteiger partial charge is 0.306 e. The van der Waals surface area contributed by atoms with E-state index in [1.54, 1.807) is 0 Å². The third kappa shape index (κ3) is 3.71. The Morgan fingerprint density at radius 1 is 1.24 bits per heavy atom. The first kappa shape index (κ1) is 15.3. The molecule has 114 valence electrons. The molecule has 0 saturated heterocycles. The molecule has 6 heteroatoms. The number of anilines is 1. The van der Waals surface area contributed by atoms with Gasteiger partial charge in [0.25, 0.3) is 0 Å². The molecule has 0 aromatic heterocycles. The molecule has 0 unspecified atom stereocenters. The molecule has 0 atom stereocenters. The molecule has 1 aliphatic rings. The molecule has 2 N–H and O–H groups in total. The topological polar surface area (TPSA) is 75.6 Å². The minimum Gasteiger partial charge on any atom is -0.497 e. The second-order valence-electron chi connectivity index (χ2n) is 5.22. The predicted molar refractivity (Wildman–Crippen MR) is 74.7 cm³/mol. The summed E-state index contributed by atoms with van der Waals surface area (Å²) in [6, 6.07) is 4.13. The van der Waals surface area contributed by atoms with E-state index in [-0.39, 0.29) is 23.4 Å². The standard InChI is InChI=1S/C15H18FNO4/c1-21-11-6-7-12(16)13(8-11)17-14(18)9-2-4-10(5-3-9)15(19)20/h6-10H,2-5H2,1H3,(H,17,18)(H,19,20). The van der Waals surface area contributed by atoms with Gasteiger partial charge in [-0.05, 0) is 37.8 Å². The number of benzene rings is 1. The highest BCUT2D eigenvalue weighted by molar-refractivity contribution is 5.93. The largest absolute Gasteiger partial charge is 0.497 e. The Labute approximate surface area is 122 Å². The molecular weight excluding hydrogens is 277 g/mol. The van der Waals surface area contributed by atoms with Crippen LogP contribution >= 0.6 is 0 Å². The lowest BCUT2D eigenvalue weighted by Crippen LogP contribution is -2.29. The minimum absolute atomic E-state index is 0.0831. The highest BCUT2D eigenvalue weighted by atomic mass is 19.1. The van der Waals surface area contributed by atoms with Crippen LogP contribution in [0.1, 0.15) is 25.7 Å². The van der Waals surface area contributed by atoms with Crippen LogP contribution in [0.15, 0.2) is 18.2 Å². The molecule has 1 amide bonds. The quantitative estimate of drug-likeness (QED) is 0.895.